The molecule has 1 saturated heterocycles. The van der Waals surface area contributed by atoms with Crippen LogP contribution in [0.15, 0.2) is 24.5 Å². The van der Waals surface area contributed by atoms with E-state index in [1.54, 1.807) is 0 Å². The zero-order chi connectivity index (χ0) is 13.5. The smallest absolute Gasteiger partial charge is 0.0922 e. The van der Waals surface area contributed by atoms with Crippen molar-refractivity contribution >= 4 is 10.9 Å². The van der Waals surface area contributed by atoms with Gasteiger partial charge in [-0.3, -0.25) is 14.9 Å². The van der Waals surface area contributed by atoms with Gasteiger partial charge in [-0.25, -0.2) is 0 Å². The van der Waals surface area contributed by atoms with E-state index in [-0.39, 0.29) is 5.41 Å². The lowest BCUT2D eigenvalue weighted by Gasteiger charge is -2.30. The molecule has 0 radical (unpaired) electrons. The van der Waals surface area contributed by atoms with Crippen LogP contribution in [0.1, 0.15) is 38.4 Å². The minimum Gasteiger partial charge on any atom is -0.299 e. The maximum atomic E-state index is 4.67. The number of rotatable bonds is 2. The minimum absolute atomic E-state index is 0.0332. The Labute approximate surface area is 114 Å². The van der Waals surface area contributed by atoms with Crippen LogP contribution >= 0.6 is 0 Å². The standard InChI is InChI=1S/C16H21N3/c1-16(2,3)15-14-13(5-6-17-15)9-12(10-18-14)11-19-7-4-8-19/h5-6,9-10H,4,7-8,11H2,1-3H3. The van der Waals surface area contributed by atoms with Gasteiger partial charge in [0.1, 0.15) is 0 Å². The number of nitrogens with zero attached hydrogens (tertiary/aromatic N) is 3. The van der Waals surface area contributed by atoms with Crippen molar-refractivity contribution < 1.29 is 0 Å². The second-order valence-electron chi connectivity index (χ2n) is 6.45. The van der Waals surface area contributed by atoms with E-state index in [4.69, 9.17) is 0 Å². The van der Waals surface area contributed by atoms with Crippen LogP contribution in [0.5, 0.6) is 0 Å². The predicted octanol–water partition coefficient (Wildman–Crippen LogP) is 3.13. The SMILES string of the molecule is CC(C)(C)c1nccc2cc(CN3CCC3)cnc12. The van der Waals surface area contributed by atoms with Gasteiger partial charge in [0, 0.05) is 29.7 Å². The van der Waals surface area contributed by atoms with Crippen molar-refractivity contribution in [3.8, 4) is 0 Å². The molecule has 0 unspecified atom stereocenters. The average Bonchev–Trinajstić information content (AvgIpc) is 2.31. The lowest BCUT2D eigenvalue weighted by Crippen LogP contribution is -2.36. The summed E-state index contributed by atoms with van der Waals surface area (Å²) in [5, 5.41) is 1.21. The molecule has 2 aromatic heterocycles. The molecule has 1 aliphatic heterocycles. The molecule has 100 valence electrons. The summed E-state index contributed by atoms with van der Waals surface area (Å²) in [6, 6.07) is 4.33. The van der Waals surface area contributed by atoms with Crippen molar-refractivity contribution in [3.63, 3.8) is 0 Å². The molecule has 3 heteroatoms. The summed E-state index contributed by atoms with van der Waals surface area (Å²) in [4.78, 5) is 11.6. The van der Waals surface area contributed by atoms with Crippen LogP contribution < -0.4 is 0 Å². The van der Waals surface area contributed by atoms with Gasteiger partial charge < -0.3 is 0 Å². The van der Waals surface area contributed by atoms with E-state index in [0.717, 1.165) is 17.8 Å². The van der Waals surface area contributed by atoms with Gasteiger partial charge >= 0.3 is 0 Å². The first kappa shape index (κ1) is 12.5. The van der Waals surface area contributed by atoms with Crippen LogP contribution in [0.2, 0.25) is 0 Å². The van der Waals surface area contributed by atoms with Gasteiger partial charge in [-0.1, -0.05) is 20.8 Å². The van der Waals surface area contributed by atoms with Gasteiger partial charge in [0.15, 0.2) is 0 Å². The molecule has 19 heavy (non-hydrogen) atoms. The zero-order valence-electron chi connectivity index (χ0n) is 12.0. The van der Waals surface area contributed by atoms with Gasteiger partial charge in [-0.15, -0.1) is 0 Å². The molecule has 0 atom stereocenters. The molecule has 2 aromatic rings. The van der Waals surface area contributed by atoms with E-state index < -0.39 is 0 Å². The van der Waals surface area contributed by atoms with E-state index in [1.165, 1.54) is 30.5 Å². The first-order valence-corrected chi connectivity index (χ1v) is 7.00. The van der Waals surface area contributed by atoms with E-state index in [1.807, 2.05) is 12.4 Å². The molecule has 1 aliphatic rings. The van der Waals surface area contributed by atoms with Crippen molar-refractivity contribution in [1.82, 2.24) is 14.9 Å². The maximum Gasteiger partial charge on any atom is 0.0922 e. The van der Waals surface area contributed by atoms with Crippen LogP contribution in [0, 0.1) is 0 Å². The summed E-state index contributed by atoms with van der Waals surface area (Å²) in [7, 11) is 0. The normalized spacial score (nSPS) is 16.6. The number of hydrogen-bond acceptors (Lipinski definition) is 3. The van der Waals surface area contributed by atoms with Crippen LogP contribution in [-0.4, -0.2) is 28.0 Å². The number of aromatic nitrogens is 2. The third kappa shape index (κ3) is 2.47. The fourth-order valence-corrected chi connectivity index (χ4v) is 2.54. The van der Waals surface area contributed by atoms with E-state index in [0.29, 0.717) is 0 Å². The fourth-order valence-electron chi connectivity index (χ4n) is 2.54. The third-order valence-corrected chi connectivity index (χ3v) is 3.72. The molecule has 0 spiro atoms. The molecule has 0 aromatic carbocycles. The first-order chi connectivity index (χ1) is 9.04. The fraction of sp³-hybridized carbons (Fsp3) is 0.500. The number of likely N-dealkylation sites (tertiary alicyclic amines) is 1. The number of hydrogen-bond donors (Lipinski definition) is 0. The van der Waals surface area contributed by atoms with Gasteiger partial charge in [0.25, 0.3) is 0 Å². The van der Waals surface area contributed by atoms with E-state index in [2.05, 4.69) is 47.8 Å². The Bertz CT molecular complexity index is 594. The summed E-state index contributed by atoms with van der Waals surface area (Å²) >= 11 is 0. The molecule has 3 heterocycles. The molecular weight excluding hydrogens is 234 g/mol. The van der Waals surface area contributed by atoms with Crippen LogP contribution in [-0.2, 0) is 12.0 Å². The Balaban J connectivity index is 1.99. The lowest BCUT2D eigenvalue weighted by molar-refractivity contribution is 0.172. The number of pyridine rings is 2. The van der Waals surface area contributed by atoms with E-state index >= 15 is 0 Å². The highest BCUT2D eigenvalue weighted by molar-refractivity contribution is 5.81. The Morgan fingerprint density at radius 3 is 2.63 bits per heavy atom. The van der Waals surface area contributed by atoms with Crippen molar-refractivity contribution in [2.75, 3.05) is 13.1 Å². The minimum atomic E-state index is 0.0332. The first-order valence-electron chi connectivity index (χ1n) is 7.00. The second kappa shape index (κ2) is 4.57. The molecule has 0 aliphatic carbocycles. The van der Waals surface area contributed by atoms with Crippen molar-refractivity contribution in [3.05, 3.63) is 35.8 Å². The average molecular weight is 255 g/mol. The van der Waals surface area contributed by atoms with Crippen LogP contribution in [0.25, 0.3) is 10.9 Å². The summed E-state index contributed by atoms with van der Waals surface area (Å²) in [6.45, 7) is 10.0. The molecule has 1 fully saturated rings. The van der Waals surface area contributed by atoms with Crippen molar-refractivity contribution in [2.45, 2.75) is 39.2 Å². The third-order valence-electron chi connectivity index (χ3n) is 3.72. The summed E-state index contributed by atoms with van der Waals surface area (Å²) < 4.78 is 0. The molecule has 0 saturated carbocycles. The lowest BCUT2D eigenvalue weighted by atomic mass is 9.90. The highest BCUT2D eigenvalue weighted by Gasteiger charge is 2.20. The largest absolute Gasteiger partial charge is 0.299 e. The Morgan fingerprint density at radius 1 is 1.21 bits per heavy atom. The van der Waals surface area contributed by atoms with Gasteiger partial charge in [0.2, 0.25) is 0 Å². The highest BCUT2D eigenvalue weighted by Crippen LogP contribution is 2.27. The van der Waals surface area contributed by atoms with Gasteiger partial charge in [-0.2, -0.15) is 0 Å². The molecule has 3 rings (SSSR count). The maximum absolute atomic E-state index is 4.67. The second-order valence-corrected chi connectivity index (χ2v) is 6.45. The molecule has 0 N–H and O–H groups in total. The monoisotopic (exact) mass is 255 g/mol. The molecular formula is C16H21N3. The molecule has 0 amide bonds. The van der Waals surface area contributed by atoms with Crippen molar-refractivity contribution in [2.24, 2.45) is 0 Å². The molecule has 0 bridgehead atoms. The summed E-state index contributed by atoms with van der Waals surface area (Å²) in [5.41, 5.74) is 3.46. The molecule has 3 nitrogen and oxygen atoms in total. The summed E-state index contributed by atoms with van der Waals surface area (Å²) in [6.07, 6.45) is 5.24. The van der Waals surface area contributed by atoms with Crippen LogP contribution in [0.4, 0.5) is 0 Å². The predicted molar refractivity (Wildman–Crippen MR) is 78.1 cm³/mol. The quantitative estimate of drug-likeness (QED) is 0.825. The van der Waals surface area contributed by atoms with Gasteiger partial charge in [-0.05, 0) is 37.2 Å². The Hall–Kier alpha value is -1.48. The van der Waals surface area contributed by atoms with E-state index in [9.17, 15) is 0 Å². The Kier molecular flexibility index (Phi) is 3.02. The summed E-state index contributed by atoms with van der Waals surface area (Å²) in [5.74, 6) is 0. The highest BCUT2D eigenvalue weighted by atomic mass is 15.2. The zero-order valence-corrected chi connectivity index (χ0v) is 12.0. The number of fused-ring (bicyclic) bond motifs is 1. The van der Waals surface area contributed by atoms with Crippen LogP contribution in [0.3, 0.4) is 0 Å². The Morgan fingerprint density at radius 2 is 2.00 bits per heavy atom. The van der Waals surface area contributed by atoms with Crippen molar-refractivity contribution in [1.29, 1.82) is 0 Å². The van der Waals surface area contributed by atoms with Gasteiger partial charge in [0.05, 0.1) is 11.2 Å². The topological polar surface area (TPSA) is 29.0 Å².